The molecule has 0 unspecified atom stereocenters. The smallest absolute Gasteiger partial charge is 0.188 e. The quantitative estimate of drug-likeness (QED) is 0.486. The van der Waals surface area contributed by atoms with Gasteiger partial charge in [-0.05, 0) is 31.5 Å². The van der Waals surface area contributed by atoms with E-state index >= 15 is 0 Å². The van der Waals surface area contributed by atoms with Crippen molar-refractivity contribution < 1.29 is 0 Å². The van der Waals surface area contributed by atoms with Crippen molar-refractivity contribution in [1.29, 1.82) is 0 Å². The van der Waals surface area contributed by atoms with Crippen LogP contribution in [-0.2, 0) is 5.75 Å². The van der Waals surface area contributed by atoms with Crippen LogP contribution < -0.4 is 0 Å². The second kappa shape index (κ2) is 5.87. The maximum Gasteiger partial charge on any atom is 0.188 e. The number of nitrogens with zero attached hydrogens (tertiary/aromatic N) is 3. The molecule has 0 aromatic carbocycles. The van der Waals surface area contributed by atoms with Gasteiger partial charge in [0.2, 0.25) is 0 Å². The fraction of sp³-hybridized carbons (Fsp3) is 0.250. The fourth-order valence-corrected chi connectivity index (χ4v) is 2.89. The van der Waals surface area contributed by atoms with Crippen LogP contribution in [0.5, 0.6) is 0 Å². The Morgan fingerprint density at radius 1 is 1.11 bits per heavy atom. The summed E-state index contributed by atoms with van der Waals surface area (Å²) in [5.41, 5.74) is 2.85. The van der Waals surface area contributed by atoms with Crippen molar-refractivity contribution in [3.05, 3.63) is 45.5 Å². The second-order valence-corrected chi connectivity index (χ2v) is 5.56. The van der Waals surface area contributed by atoms with Crippen molar-refractivity contribution in [2.24, 2.45) is 0 Å². The minimum Gasteiger partial charge on any atom is -0.244 e. The first-order valence-corrected chi connectivity index (χ1v) is 7.04. The number of aryl methyl sites for hydroxylation is 2. The van der Waals surface area contributed by atoms with Crippen LogP contribution >= 0.6 is 35.0 Å². The summed E-state index contributed by atoms with van der Waals surface area (Å²) in [5, 5.41) is 1.77. The van der Waals surface area contributed by atoms with E-state index in [9.17, 15) is 0 Å². The third-order valence-corrected chi connectivity index (χ3v) is 3.67. The van der Waals surface area contributed by atoms with Crippen LogP contribution in [0.2, 0.25) is 10.2 Å². The second-order valence-electron chi connectivity index (χ2n) is 3.82. The standard InChI is InChI=1S/C12H11Cl2N3S/c1-7-3-8(2)17-12(16-7)18-6-9-5-15-11(14)4-10(9)13/h3-5H,6H2,1-2H3. The molecule has 0 saturated heterocycles. The van der Waals surface area contributed by atoms with Gasteiger partial charge in [0.1, 0.15) is 5.15 Å². The molecule has 0 aliphatic carbocycles. The zero-order chi connectivity index (χ0) is 13.1. The maximum absolute atomic E-state index is 6.08. The molecule has 0 radical (unpaired) electrons. The van der Waals surface area contributed by atoms with Crippen LogP contribution in [0.25, 0.3) is 0 Å². The molecule has 2 rings (SSSR count). The van der Waals surface area contributed by atoms with Gasteiger partial charge in [-0.15, -0.1) is 0 Å². The van der Waals surface area contributed by atoms with Crippen molar-refractivity contribution in [2.75, 3.05) is 0 Å². The van der Waals surface area contributed by atoms with Crippen molar-refractivity contribution in [1.82, 2.24) is 15.0 Å². The molecular weight excluding hydrogens is 289 g/mol. The number of hydrogen-bond acceptors (Lipinski definition) is 4. The Bertz CT molecular complexity index is 555. The van der Waals surface area contributed by atoms with E-state index in [2.05, 4.69) is 15.0 Å². The van der Waals surface area contributed by atoms with Crippen molar-refractivity contribution in [3.8, 4) is 0 Å². The number of rotatable bonds is 3. The molecule has 0 saturated carbocycles. The fourth-order valence-electron chi connectivity index (χ4n) is 1.44. The lowest BCUT2D eigenvalue weighted by atomic mass is 10.3. The van der Waals surface area contributed by atoms with Crippen LogP contribution in [0.4, 0.5) is 0 Å². The van der Waals surface area contributed by atoms with E-state index in [4.69, 9.17) is 23.2 Å². The molecule has 0 fully saturated rings. The highest BCUT2D eigenvalue weighted by Gasteiger charge is 2.06. The van der Waals surface area contributed by atoms with E-state index in [-0.39, 0.29) is 0 Å². The van der Waals surface area contributed by atoms with Gasteiger partial charge in [0, 0.05) is 28.4 Å². The van der Waals surface area contributed by atoms with Crippen LogP contribution in [0, 0.1) is 13.8 Å². The Balaban J connectivity index is 2.11. The van der Waals surface area contributed by atoms with E-state index in [1.165, 1.54) is 11.8 Å². The average molecular weight is 300 g/mol. The number of thioether (sulfide) groups is 1. The normalized spacial score (nSPS) is 10.7. The van der Waals surface area contributed by atoms with Crippen LogP contribution in [0.1, 0.15) is 17.0 Å². The van der Waals surface area contributed by atoms with E-state index in [1.807, 2.05) is 19.9 Å². The molecule has 2 aromatic heterocycles. The zero-order valence-corrected chi connectivity index (χ0v) is 12.3. The van der Waals surface area contributed by atoms with Gasteiger partial charge in [-0.25, -0.2) is 15.0 Å². The molecule has 0 aliphatic rings. The van der Waals surface area contributed by atoms with Gasteiger partial charge in [-0.3, -0.25) is 0 Å². The van der Waals surface area contributed by atoms with Gasteiger partial charge in [-0.2, -0.15) is 0 Å². The summed E-state index contributed by atoms with van der Waals surface area (Å²) < 4.78 is 0. The highest BCUT2D eigenvalue weighted by Crippen LogP contribution is 2.25. The first-order valence-electron chi connectivity index (χ1n) is 5.29. The molecule has 0 atom stereocenters. The van der Waals surface area contributed by atoms with Crippen molar-refractivity contribution in [3.63, 3.8) is 0 Å². The molecule has 0 bridgehead atoms. The molecule has 6 heteroatoms. The number of aromatic nitrogens is 3. The van der Waals surface area contributed by atoms with E-state index in [0.29, 0.717) is 15.9 Å². The molecule has 18 heavy (non-hydrogen) atoms. The molecule has 2 aromatic rings. The van der Waals surface area contributed by atoms with E-state index in [1.54, 1.807) is 12.3 Å². The Hall–Kier alpha value is -0.840. The lowest BCUT2D eigenvalue weighted by molar-refractivity contribution is 0.902. The number of halogens is 2. The van der Waals surface area contributed by atoms with Crippen LogP contribution in [0.15, 0.2) is 23.5 Å². The topological polar surface area (TPSA) is 38.7 Å². The minimum absolute atomic E-state index is 0.399. The summed E-state index contributed by atoms with van der Waals surface area (Å²) >= 11 is 13.4. The van der Waals surface area contributed by atoms with Gasteiger partial charge in [-0.1, -0.05) is 35.0 Å². The van der Waals surface area contributed by atoms with Gasteiger partial charge >= 0.3 is 0 Å². The molecule has 0 spiro atoms. The number of pyridine rings is 1. The highest BCUT2D eigenvalue weighted by molar-refractivity contribution is 7.98. The lowest BCUT2D eigenvalue weighted by Crippen LogP contribution is -1.94. The zero-order valence-electron chi connectivity index (χ0n) is 9.94. The monoisotopic (exact) mass is 299 g/mol. The molecule has 3 nitrogen and oxygen atoms in total. The summed E-state index contributed by atoms with van der Waals surface area (Å²) in [6.07, 6.45) is 1.68. The predicted molar refractivity (Wildman–Crippen MR) is 75.3 cm³/mol. The summed E-state index contributed by atoms with van der Waals surface area (Å²) in [5.74, 6) is 0.673. The molecule has 0 aliphatic heterocycles. The van der Waals surface area contributed by atoms with Gasteiger partial charge in [0.05, 0.1) is 0 Å². The molecule has 94 valence electrons. The van der Waals surface area contributed by atoms with E-state index < -0.39 is 0 Å². The third-order valence-electron chi connectivity index (χ3n) is 2.21. The Morgan fingerprint density at radius 2 is 1.78 bits per heavy atom. The Morgan fingerprint density at radius 3 is 2.39 bits per heavy atom. The number of hydrogen-bond donors (Lipinski definition) is 0. The predicted octanol–water partition coefficient (Wildman–Crippen LogP) is 4.09. The summed E-state index contributed by atoms with van der Waals surface area (Å²) in [4.78, 5) is 12.7. The largest absolute Gasteiger partial charge is 0.244 e. The van der Waals surface area contributed by atoms with Gasteiger partial charge in [0.15, 0.2) is 5.16 Å². The minimum atomic E-state index is 0.399. The molecule has 2 heterocycles. The van der Waals surface area contributed by atoms with Gasteiger partial charge < -0.3 is 0 Å². The lowest BCUT2D eigenvalue weighted by Gasteiger charge is -2.04. The Kier molecular flexibility index (Phi) is 4.43. The molecular formula is C12H11Cl2N3S. The average Bonchev–Trinajstić information content (AvgIpc) is 2.26. The van der Waals surface area contributed by atoms with Crippen molar-refractivity contribution in [2.45, 2.75) is 24.8 Å². The van der Waals surface area contributed by atoms with Crippen LogP contribution in [-0.4, -0.2) is 15.0 Å². The first-order chi connectivity index (χ1) is 8.54. The summed E-state index contributed by atoms with van der Waals surface area (Å²) in [6, 6.07) is 3.59. The van der Waals surface area contributed by atoms with Crippen LogP contribution in [0.3, 0.4) is 0 Å². The third kappa shape index (κ3) is 3.57. The van der Waals surface area contributed by atoms with Crippen molar-refractivity contribution >= 4 is 35.0 Å². The highest BCUT2D eigenvalue weighted by atomic mass is 35.5. The Labute approximate surface area is 120 Å². The SMILES string of the molecule is Cc1cc(C)nc(SCc2cnc(Cl)cc2Cl)n1. The first kappa shape index (κ1) is 13.6. The maximum atomic E-state index is 6.08. The van der Waals surface area contributed by atoms with Gasteiger partial charge in [0.25, 0.3) is 0 Å². The van der Waals surface area contributed by atoms with E-state index in [0.717, 1.165) is 22.1 Å². The summed E-state index contributed by atoms with van der Waals surface area (Å²) in [7, 11) is 0. The molecule has 0 amide bonds. The molecule has 0 N–H and O–H groups in total. The summed E-state index contributed by atoms with van der Waals surface area (Å²) in [6.45, 7) is 3.91.